The molecule has 2 rings (SSSR count). The Kier molecular flexibility index (Phi) is 3.10. The van der Waals surface area contributed by atoms with Gasteiger partial charge in [-0.1, -0.05) is 24.3 Å². The maximum atomic E-state index is 11.6. The summed E-state index contributed by atoms with van der Waals surface area (Å²) in [7, 11) is 0. The van der Waals surface area contributed by atoms with Crippen molar-refractivity contribution in [3.63, 3.8) is 0 Å². The van der Waals surface area contributed by atoms with Crippen molar-refractivity contribution < 1.29 is 4.79 Å². The summed E-state index contributed by atoms with van der Waals surface area (Å²) < 4.78 is 0. The third-order valence-electron chi connectivity index (χ3n) is 3.00. The highest BCUT2D eigenvalue weighted by atomic mass is 16.2. The molecule has 4 heteroatoms. The summed E-state index contributed by atoms with van der Waals surface area (Å²) in [5, 5.41) is 2.86. The normalized spacial score (nSPS) is 20.0. The summed E-state index contributed by atoms with van der Waals surface area (Å²) in [6, 6.07) is 8.26. The molecule has 1 aliphatic rings. The van der Waals surface area contributed by atoms with Gasteiger partial charge in [0, 0.05) is 19.6 Å². The molecule has 1 saturated heterocycles. The lowest BCUT2D eigenvalue weighted by atomic mass is 10.0. The van der Waals surface area contributed by atoms with E-state index in [9.17, 15) is 4.79 Å². The Bertz CT molecular complexity index is 392. The second-order valence-electron chi connectivity index (χ2n) is 4.04. The van der Waals surface area contributed by atoms with E-state index in [0.717, 1.165) is 0 Å². The first kappa shape index (κ1) is 11.0. The van der Waals surface area contributed by atoms with Crippen LogP contribution in [0.3, 0.4) is 0 Å². The number of rotatable bonds is 3. The number of nitrogens with two attached hydrogens (primary N) is 1. The molecule has 1 aliphatic heterocycles. The van der Waals surface area contributed by atoms with E-state index in [1.54, 1.807) is 0 Å². The Balaban J connectivity index is 2.27. The minimum Gasteiger partial charge on any atom is -0.336 e. The van der Waals surface area contributed by atoms with Crippen LogP contribution in [0.2, 0.25) is 0 Å². The van der Waals surface area contributed by atoms with Crippen LogP contribution in [-0.4, -0.2) is 30.6 Å². The lowest BCUT2D eigenvalue weighted by molar-refractivity contribution is 0.206. The van der Waals surface area contributed by atoms with Crippen LogP contribution >= 0.6 is 0 Å². The molecule has 1 atom stereocenters. The zero-order valence-electron chi connectivity index (χ0n) is 9.44. The van der Waals surface area contributed by atoms with E-state index in [2.05, 4.69) is 24.4 Å². The van der Waals surface area contributed by atoms with Gasteiger partial charge in [-0.05, 0) is 18.1 Å². The van der Waals surface area contributed by atoms with Crippen LogP contribution in [-0.2, 0) is 0 Å². The van der Waals surface area contributed by atoms with Crippen molar-refractivity contribution in [1.82, 2.24) is 10.2 Å². The van der Waals surface area contributed by atoms with Crippen LogP contribution in [0.5, 0.6) is 0 Å². The first-order valence-electron chi connectivity index (χ1n) is 5.54. The van der Waals surface area contributed by atoms with Gasteiger partial charge in [-0.3, -0.25) is 0 Å². The summed E-state index contributed by atoms with van der Waals surface area (Å²) in [5.74, 6) is 0. The predicted molar refractivity (Wildman–Crippen MR) is 63.1 cm³/mol. The van der Waals surface area contributed by atoms with Crippen molar-refractivity contribution in [3.8, 4) is 0 Å². The van der Waals surface area contributed by atoms with Gasteiger partial charge in [0.05, 0.1) is 6.04 Å². The van der Waals surface area contributed by atoms with E-state index < -0.39 is 0 Å². The third kappa shape index (κ3) is 1.88. The lowest BCUT2D eigenvalue weighted by Gasteiger charge is -2.23. The smallest absolute Gasteiger partial charge is 0.318 e. The molecule has 2 amide bonds. The Morgan fingerprint density at radius 2 is 2.25 bits per heavy atom. The first-order chi connectivity index (χ1) is 7.74. The van der Waals surface area contributed by atoms with Gasteiger partial charge >= 0.3 is 6.03 Å². The molecule has 16 heavy (non-hydrogen) atoms. The summed E-state index contributed by atoms with van der Waals surface area (Å²) in [4.78, 5) is 13.4. The molecule has 0 saturated carbocycles. The molecule has 0 bridgehead atoms. The number of nitrogens with one attached hydrogen (secondary N) is 1. The molecular weight excluding hydrogens is 202 g/mol. The second-order valence-corrected chi connectivity index (χ2v) is 4.04. The predicted octanol–water partition coefficient (Wildman–Crippen LogP) is 1.02. The molecule has 0 aromatic heterocycles. The number of urea groups is 1. The lowest BCUT2D eigenvalue weighted by Crippen LogP contribution is -2.34. The van der Waals surface area contributed by atoms with Crippen LogP contribution in [0.4, 0.5) is 4.79 Å². The van der Waals surface area contributed by atoms with Crippen molar-refractivity contribution in [1.29, 1.82) is 0 Å². The topological polar surface area (TPSA) is 58.4 Å². The number of hydrogen-bond donors (Lipinski definition) is 2. The molecular formula is C12H17N3O. The summed E-state index contributed by atoms with van der Waals surface area (Å²) in [5.41, 5.74) is 7.94. The summed E-state index contributed by atoms with van der Waals surface area (Å²) >= 11 is 0. The zero-order chi connectivity index (χ0) is 11.5. The molecule has 3 N–H and O–H groups in total. The number of nitrogens with zero attached hydrogens (tertiary/aromatic N) is 1. The van der Waals surface area contributed by atoms with Gasteiger partial charge in [0.15, 0.2) is 0 Å². The number of amides is 2. The quantitative estimate of drug-likeness (QED) is 0.797. The van der Waals surface area contributed by atoms with Crippen LogP contribution in [0, 0.1) is 6.92 Å². The van der Waals surface area contributed by atoms with Crippen molar-refractivity contribution in [3.05, 3.63) is 35.4 Å². The standard InChI is InChI=1S/C12H17N3O/c1-9-4-2-3-5-10(9)11-8-14-12(16)15(11)7-6-13/h2-5,11H,6-8,13H2,1H3,(H,14,16). The van der Waals surface area contributed by atoms with Gasteiger partial charge in [-0.15, -0.1) is 0 Å². The number of hydrogen-bond acceptors (Lipinski definition) is 2. The van der Waals surface area contributed by atoms with E-state index in [4.69, 9.17) is 5.73 Å². The number of carbonyl (C=O) groups is 1. The minimum absolute atomic E-state index is 0.0151. The fraction of sp³-hybridized carbons (Fsp3) is 0.417. The Hall–Kier alpha value is -1.55. The van der Waals surface area contributed by atoms with E-state index in [1.165, 1.54) is 11.1 Å². The SMILES string of the molecule is Cc1ccccc1C1CNC(=O)N1CCN. The highest BCUT2D eigenvalue weighted by molar-refractivity contribution is 5.77. The molecule has 1 aromatic carbocycles. The zero-order valence-corrected chi connectivity index (χ0v) is 9.44. The van der Waals surface area contributed by atoms with Gasteiger partial charge < -0.3 is 16.0 Å². The molecule has 86 valence electrons. The van der Waals surface area contributed by atoms with Crippen molar-refractivity contribution in [2.24, 2.45) is 5.73 Å². The number of aryl methyl sites for hydroxylation is 1. The summed E-state index contributed by atoms with van der Waals surface area (Å²) in [6.45, 7) is 3.84. The van der Waals surface area contributed by atoms with Crippen molar-refractivity contribution in [2.45, 2.75) is 13.0 Å². The maximum absolute atomic E-state index is 11.6. The Labute approximate surface area is 95.4 Å². The van der Waals surface area contributed by atoms with Gasteiger partial charge in [-0.25, -0.2) is 4.79 Å². The van der Waals surface area contributed by atoms with Gasteiger partial charge in [0.2, 0.25) is 0 Å². The molecule has 0 spiro atoms. The minimum atomic E-state index is -0.0151. The molecule has 0 aliphatic carbocycles. The van der Waals surface area contributed by atoms with Gasteiger partial charge in [-0.2, -0.15) is 0 Å². The average Bonchev–Trinajstić information content (AvgIpc) is 2.62. The van der Waals surface area contributed by atoms with Gasteiger partial charge in [0.1, 0.15) is 0 Å². The maximum Gasteiger partial charge on any atom is 0.318 e. The fourth-order valence-corrected chi connectivity index (χ4v) is 2.17. The Morgan fingerprint density at radius 3 is 2.94 bits per heavy atom. The summed E-state index contributed by atoms with van der Waals surface area (Å²) in [6.07, 6.45) is 0. The fourth-order valence-electron chi connectivity index (χ4n) is 2.17. The molecule has 1 heterocycles. The van der Waals surface area contributed by atoms with Crippen LogP contribution in [0.15, 0.2) is 24.3 Å². The number of carbonyl (C=O) groups excluding carboxylic acids is 1. The third-order valence-corrected chi connectivity index (χ3v) is 3.00. The second kappa shape index (κ2) is 4.53. The van der Waals surface area contributed by atoms with E-state index in [0.29, 0.717) is 19.6 Å². The highest BCUT2D eigenvalue weighted by Gasteiger charge is 2.31. The molecule has 4 nitrogen and oxygen atoms in total. The molecule has 1 aromatic rings. The number of benzene rings is 1. The van der Waals surface area contributed by atoms with E-state index >= 15 is 0 Å². The average molecular weight is 219 g/mol. The van der Waals surface area contributed by atoms with Crippen molar-refractivity contribution >= 4 is 6.03 Å². The molecule has 1 fully saturated rings. The van der Waals surface area contributed by atoms with Crippen LogP contribution in [0.25, 0.3) is 0 Å². The molecule has 1 unspecified atom stereocenters. The van der Waals surface area contributed by atoms with Crippen LogP contribution in [0.1, 0.15) is 17.2 Å². The van der Waals surface area contributed by atoms with Gasteiger partial charge in [0.25, 0.3) is 0 Å². The van der Waals surface area contributed by atoms with E-state index in [-0.39, 0.29) is 12.1 Å². The molecule has 0 radical (unpaired) electrons. The monoisotopic (exact) mass is 219 g/mol. The largest absolute Gasteiger partial charge is 0.336 e. The van der Waals surface area contributed by atoms with Crippen molar-refractivity contribution in [2.75, 3.05) is 19.6 Å². The first-order valence-corrected chi connectivity index (χ1v) is 5.54. The van der Waals surface area contributed by atoms with Crippen LogP contribution < -0.4 is 11.1 Å². The highest BCUT2D eigenvalue weighted by Crippen LogP contribution is 2.26. The Morgan fingerprint density at radius 1 is 1.50 bits per heavy atom. The van der Waals surface area contributed by atoms with E-state index in [1.807, 2.05) is 17.0 Å².